The number of halogens is 1. The molecule has 1 aromatic heterocycles. The minimum atomic E-state index is 0.179. The lowest BCUT2D eigenvalue weighted by molar-refractivity contribution is 0.569. The van der Waals surface area contributed by atoms with E-state index in [1.54, 1.807) is 11.3 Å². The average Bonchev–Trinajstić information content (AvgIpc) is 2.52. The minimum Gasteiger partial charge on any atom is -0.310 e. The summed E-state index contributed by atoms with van der Waals surface area (Å²) >= 11 is 4.12. The van der Waals surface area contributed by atoms with E-state index in [0.29, 0.717) is 0 Å². The first-order chi connectivity index (χ1) is 6.54. The van der Waals surface area contributed by atoms with Crippen LogP contribution in [0.5, 0.6) is 0 Å². The topological polar surface area (TPSA) is 24.9 Å². The third-order valence-electron chi connectivity index (χ3n) is 1.87. The van der Waals surface area contributed by atoms with Gasteiger partial charge in [-0.1, -0.05) is 43.4 Å². The molecule has 2 nitrogen and oxygen atoms in total. The molecule has 0 saturated heterocycles. The number of thiazole rings is 1. The van der Waals surface area contributed by atoms with Crippen molar-refractivity contribution in [3.63, 3.8) is 0 Å². The Morgan fingerprint density at radius 2 is 2.21 bits per heavy atom. The predicted octanol–water partition coefficient (Wildman–Crippen LogP) is 2.97. The van der Waals surface area contributed by atoms with Crippen molar-refractivity contribution < 1.29 is 0 Å². The van der Waals surface area contributed by atoms with Crippen LogP contribution in [-0.2, 0) is 12.0 Å². The van der Waals surface area contributed by atoms with Crippen LogP contribution in [0.4, 0.5) is 0 Å². The normalized spacial score (nSPS) is 12.0. The SMILES string of the molecule is CC(C)(C)c1csc(CNCCI)n1. The second kappa shape index (κ2) is 5.42. The van der Waals surface area contributed by atoms with Crippen LogP contribution < -0.4 is 5.32 Å². The predicted molar refractivity (Wildman–Crippen MR) is 71.4 cm³/mol. The van der Waals surface area contributed by atoms with Crippen LogP contribution in [0.15, 0.2) is 5.38 Å². The Balaban J connectivity index is 2.51. The summed E-state index contributed by atoms with van der Waals surface area (Å²) < 4.78 is 1.15. The highest BCUT2D eigenvalue weighted by atomic mass is 127. The summed E-state index contributed by atoms with van der Waals surface area (Å²) in [4.78, 5) is 4.61. The van der Waals surface area contributed by atoms with Gasteiger partial charge in [-0.3, -0.25) is 0 Å². The molecule has 80 valence electrons. The third kappa shape index (κ3) is 3.82. The van der Waals surface area contributed by atoms with E-state index in [2.05, 4.69) is 59.0 Å². The van der Waals surface area contributed by atoms with Crippen LogP contribution in [0.2, 0.25) is 0 Å². The summed E-state index contributed by atoms with van der Waals surface area (Å²) in [5.74, 6) is 0. The molecule has 0 aromatic carbocycles. The van der Waals surface area contributed by atoms with Gasteiger partial charge in [0, 0.05) is 28.3 Å². The van der Waals surface area contributed by atoms with Crippen molar-refractivity contribution in [3.05, 3.63) is 16.1 Å². The zero-order valence-corrected chi connectivity index (χ0v) is 11.9. The van der Waals surface area contributed by atoms with Gasteiger partial charge < -0.3 is 5.32 Å². The van der Waals surface area contributed by atoms with E-state index in [1.165, 1.54) is 10.7 Å². The molecule has 1 rings (SSSR count). The number of rotatable bonds is 4. The third-order valence-corrected chi connectivity index (χ3v) is 3.26. The molecule has 0 bridgehead atoms. The number of aromatic nitrogens is 1. The quantitative estimate of drug-likeness (QED) is 0.523. The molecule has 14 heavy (non-hydrogen) atoms. The van der Waals surface area contributed by atoms with E-state index in [9.17, 15) is 0 Å². The molecule has 0 radical (unpaired) electrons. The van der Waals surface area contributed by atoms with E-state index in [-0.39, 0.29) is 5.41 Å². The highest BCUT2D eigenvalue weighted by Gasteiger charge is 2.16. The van der Waals surface area contributed by atoms with Gasteiger partial charge in [0.1, 0.15) is 5.01 Å². The standard InChI is InChI=1S/C10H17IN2S/c1-10(2,3)8-7-14-9(13-8)6-12-5-4-11/h7,12H,4-6H2,1-3H3. The fraction of sp³-hybridized carbons (Fsp3) is 0.700. The molecule has 0 unspecified atom stereocenters. The Hall–Kier alpha value is 0.320. The van der Waals surface area contributed by atoms with Gasteiger partial charge in [-0.15, -0.1) is 11.3 Å². The van der Waals surface area contributed by atoms with Gasteiger partial charge in [-0.05, 0) is 0 Å². The van der Waals surface area contributed by atoms with Crippen LogP contribution in [-0.4, -0.2) is 16.0 Å². The molecule has 1 N–H and O–H groups in total. The zero-order valence-electron chi connectivity index (χ0n) is 8.93. The molecule has 0 atom stereocenters. The molecule has 1 aromatic rings. The second-order valence-electron chi connectivity index (χ2n) is 4.24. The minimum absolute atomic E-state index is 0.179. The van der Waals surface area contributed by atoms with Crippen LogP contribution in [0.3, 0.4) is 0 Å². The molecule has 1 heterocycles. The molecule has 0 amide bonds. The number of alkyl halides is 1. The fourth-order valence-corrected chi connectivity index (χ4v) is 2.37. The monoisotopic (exact) mass is 324 g/mol. The van der Waals surface area contributed by atoms with Crippen molar-refractivity contribution in [3.8, 4) is 0 Å². The Labute approximate surface area is 104 Å². The van der Waals surface area contributed by atoms with Crippen molar-refractivity contribution in [2.24, 2.45) is 0 Å². The fourth-order valence-electron chi connectivity index (χ4n) is 0.999. The van der Waals surface area contributed by atoms with Crippen molar-refractivity contribution in [1.29, 1.82) is 0 Å². The van der Waals surface area contributed by atoms with E-state index >= 15 is 0 Å². The van der Waals surface area contributed by atoms with Gasteiger partial charge >= 0.3 is 0 Å². The number of nitrogens with one attached hydrogen (secondary N) is 1. The van der Waals surface area contributed by atoms with Gasteiger partial charge in [-0.25, -0.2) is 4.98 Å². The van der Waals surface area contributed by atoms with Crippen molar-refractivity contribution in [1.82, 2.24) is 10.3 Å². The zero-order chi connectivity index (χ0) is 10.6. The molecule has 0 saturated carbocycles. The van der Waals surface area contributed by atoms with E-state index in [4.69, 9.17) is 0 Å². The van der Waals surface area contributed by atoms with Crippen molar-refractivity contribution in [2.45, 2.75) is 32.7 Å². The average molecular weight is 324 g/mol. The number of nitrogens with zero attached hydrogens (tertiary/aromatic N) is 1. The summed E-state index contributed by atoms with van der Waals surface area (Å²) in [6, 6.07) is 0. The first kappa shape index (κ1) is 12.4. The lowest BCUT2D eigenvalue weighted by Crippen LogP contribution is -2.16. The summed E-state index contributed by atoms with van der Waals surface area (Å²) in [5.41, 5.74) is 1.38. The summed E-state index contributed by atoms with van der Waals surface area (Å²) in [7, 11) is 0. The smallest absolute Gasteiger partial charge is 0.107 e. The molecule has 0 aliphatic carbocycles. The van der Waals surface area contributed by atoms with E-state index in [1.807, 2.05) is 0 Å². The Morgan fingerprint density at radius 3 is 2.71 bits per heavy atom. The maximum Gasteiger partial charge on any atom is 0.107 e. The number of hydrogen-bond acceptors (Lipinski definition) is 3. The van der Waals surface area contributed by atoms with Gasteiger partial charge in [0.05, 0.1) is 5.69 Å². The first-order valence-electron chi connectivity index (χ1n) is 4.75. The molecule has 0 aliphatic rings. The highest BCUT2D eigenvalue weighted by Crippen LogP contribution is 2.23. The summed E-state index contributed by atoms with van der Waals surface area (Å²) in [6.07, 6.45) is 0. The van der Waals surface area contributed by atoms with Crippen LogP contribution in [0.25, 0.3) is 0 Å². The summed E-state index contributed by atoms with van der Waals surface area (Å²) in [6.45, 7) is 8.56. The lowest BCUT2D eigenvalue weighted by Gasteiger charge is -2.14. The largest absolute Gasteiger partial charge is 0.310 e. The van der Waals surface area contributed by atoms with Gasteiger partial charge in [0.2, 0.25) is 0 Å². The van der Waals surface area contributed by atoms with E-state index in [0.717, 1.165) is 17.5 Å². The molecule has 0 spiro atoms. The Kier molecular flexibility index (Phi) is 4.79. The van der Waals surface area contributed by atoms with Gasteiger partial charge in [0.15, 0.2) is 0 Å². The second-order valence-corrected chi connectivity index (χ2v) is 6.26. The molecular formula is C10H17IN2S. The van der Waals surface area contributed by atoms with E-state index < -0.39 is 0 Å². The lowest BCUT2D eigenvalue weighted by atomic mass is 9.93. The van der Waals surface area contributed by atoms with Crippen molar-refractivity contribution >= 4 is 33.9 Å². The van der Waals surface area contributed by atoms with Crippen LogP contribution >= 0.6 is 33.9 Å². The van der Waals surface area contributed by atoms with Crippen LogP contribution in [0.1, 0.15) is 31.5 Å². The maximum atomic E-state index is 4.61. The summed E-state index contributed by atoms with van der Waals surface area (Å²) in [5, 5.41) is 6.72. The van der Waals surface area contributed by atoms with Crippen LogP contribution in [0, 0.1) is 0 Å². The molecule has 4 heteroatoms. The van der Waals surface area contributed by atoms with Gasteiger partial charge in [0.25, 0.3) is 0 Å². The molecule has 0 fully saturated rings. The van der Waals surface area contributed by atoms with Crippen molar-refractivity contribution in [2.75, 3.05) is 11.0 Å². The molecule has 0 aliphatic heterocycles. The maximum absolute atomic E-state index is 4.61. The Morgan fingerprint density at radius 1 is 1.50 bits per heavy atom. The highest BCUT2D eigenvalue weighted by molar-refractivity contribution is 14.1. The molecular weight excluding hydrogens is 307 g/mol. The first-order valence-corrected chi connectivity index (χ1v) is 7.16. The number of hydrogen-bond donors (Lipinski definition) is 1. The Bertz CT molecular complexity index is 278. The van der Waals surface area contributed by atoms with Gasteiger partial charge in [-0.2, -0.15) is 0 Å².